The van der Waals surface area contributed by atoms with Gasteiger partial charge in [0.15, 0.2) is 0 Å². The Morgan fingerprint density at radius 2 is 1.90 bits per heavy atom. The fourth-order valence-electron chi connectivity index (χ4n) is 3.07. The number of fused-ring (bicyclic) bond motifs is 1. The molecule has 160 valence electrons. The standard InChI is InChI=1S/C20H21Cl2N3O4S/c1-11-16-18(26)23-15(10-25(2)9-12-6-13(21)8-14(22)7-12)24-19(16)30-17(11)20(27)29-5-4-28-3/h6-8H,4-5,9-10H2,1-3H3,(H,23,24,26). The summed E-state index contributed by atoms with van der Waals surface area (Å²) in [5.74, 6) is 0.0205. The number of rotatable bonds is 8. The third-order valence-electron chi connectivity index (χ3n) is 4.35. The Morgan fingerprint density at radius 1 is 1.20 bits per heavy atom. The molecular formula is C20H21Cl2N3O4S. The molecule has 1 aromatic carbocycles. The second-order valence-corrected chi connectivity index (χ2v) is 8.70. The van der Waals surface area contributed by atoms with Gasteiger partial charge in [-0.2, -0.15) is 0 Å². The van der Waals surface area contributed by atoms with E-state index in [0.29, 0.717) is 56.2 Å². The van der Waals surface area contributed by atoms with E-state index in [0.717, 1.165) is 16.9 Å². The predicted octanol–water partition coefficient (Wildman–Crippen LogP) is 4.04. The highest BCUT2D eigenvalue weighted by atomic mass is 35.5. The number of thiophene rings is 1. The number of hydrogen-bond acceptors (Lipinski definition) is 7. The Kier molecular flexibility index (Phi) is 7.49. The van der Waals surface area contributed by atoms with E-state index in [9.17, 15) is 9.59 Å². The van der Waals surface area contributed by atoms with Gasteiger partial charge in [0.2, 0.25) is 0 Å². The number of nitrogens with zero attached hydrogens (tertiary/aromatic N) is 2. The summed E-state index contributed by atoms with van der Waals surface area (Å²) in [4.78, 5) is 35.2. The predicted molar refractivity (Wildman–Crippen MR) is 119 cm³/mol. The van der Waals surface area contributed by atoms with Gasteiger partial charge >= 0.3 is 5.97 Å². The van der Waals surface area contributed by atoms with Crippen LogP contribution in [0.5, 0.6) is 0 Å². The van der Waals surface area contributed by atoms with Crippen LogP contribution in [0.25, 0.3) is 10.2 Å². The van der Waals surface area contributed by atoms with Crippen molar-refractivity contribution in [1.29, 1.82) is 0 Å². The van der Waals surface area contributed by atoms with Crippen molar-refractivity contribution in [3.8, 4) is 0 Å². The van der Waals surface area contributed by atoms with Crippen LogP contribution in [0.2, 0.25) is 10.0 Å². The molecule has 1 N–H and O–H groups in total. The van der Waals surface area contributed by atoms with Crippen LogP contribution in [0.3, 0.4) is 0 Å². The molecule has 0 unspecified atom stereocenters. The summed E-state index contributed by atoms with van der Waals surface area (Å²) in [6, 6.07) is 5.36. The minimum atomic E-state index is -0.483. The van der Waals surface area contributed by atoms with Crippen molar-refractivity contribution in [2.24, 2.45) is 0 Å². The Bertz CT molecular complexity index is 1110. The van der Waals surface area contributed by atoms with Gasteiger partial charge in [-0.3, -0.25) is 9.69 Å². The minimum absolute atomic E-state index is 0.149. The molecule has 0 fully saturated rings. The van der Waals surface area contributed by atoms with E-state index in [1.807, 2.05) is 24.1 Å². The summed E-state index contributed by atoms with van der Waals surface area (Å²) in [6.45, 7) is 3.15. The summed E-state index contributed by atoms with van der Waals surface area (Å²) in [6.07, 6.45) is 0. The van der Waals surface area contributed by atoms with Gasteiger partial charge in [0.25, 0.3) is 5.56 Å². The number of aromatic nitrogens is 2. The number of hydrogen-bond donors (Lipinski definition) is 1. The zero-order valence-electron chi connectivity index (χ0n) is 16.8. The van der Waals surface area contributed by atoms with Crippen LogP contribution in [-0.2, 0) is 22.6 Å². The highest BCUT2D eigenvalue weighted by Crippen LogP contribution is 2.28. The van der Waals surface area contributed by atoms with Gasteiger partial charge in [0, 0.05) is 23.7 Å². The highest BCUT2D eigenvalue weighted by Gasteiger charge is 2.20. The maximum Gasteiger partial charge on any atom is 0.348 e. The molecule has 0 bridgehead atoms. The molecule has 0 aliphatic heterocycles. The third-order valence-corrected chi connectivity index (χ3v) is 5.95. The van der Waals surface area contributed by atoms with Gasteiger partial charge < -0.3 is 14.5 Å². The summed E-state index contributed by atoms with van der Waals surface area (Å²) in [7, 11) is 3.43. The Labute approximate surface area is 187 Å². The molecule has 2 heterocycles. The average Bonchev–Trinajstić information content (AvgIpc) is 2.97. The number of carbonyl (C=O) groups excluding carboxylic acids is 1. The normalized spacial score (nSPS) is 11.4. The Morgan fingerprint density at radius 3 is 2.57 bits per heavy atom. The second-order valence-electron chi connectivity index (χ2n) is 6.83. The summed E-state index contributed by atoms with van der Waals surface area (Å²) in [5, 5.41) is 1.54. The van der Waals surface area contributed by atoms with Gasteiger partial charge in [-0.05, 0) is 43.3 Å². The van der Waals surface area contributed by atoms with Crippen LogP contribution >= 0.6 is 34.5 Å². The summed E-state index contributed by atoms with van der Waals surface area (Å²) >= 11 is 13.3. The van der Waals surface area contributed by atoms with Crippen LogP contribution in [-0.4, -0.2) is 48.2 Å². The maximum absolute atomic E-state index is 12.6. The van der Waals surface area contributed by atoms with Gasteiger partial charge in [-0.1, -0.05) is 23.2 Å². The maximum atomic E-state index is 12.6. The SMILES string of the molecule is COCCOC(=O)c1sc2nc(CN(C)Cc3cc(Cl)cc(Cl)c3)[nH]c(=O)c2c1C. The van der Waals surface area contributed by atoms with Crippen LogP contribution < -0.4 is 5.56 Å². The molecule has 0 aliphatic carbocycles. The number of carbonyl (C=O) groups is 1. The quantitative estimate of drug-likeness (QED) is 0.395. The largest absolute Gasteiger partial charge is 0.459 e. The molecular weight excluding hydrogens is 449 g/mol. The lowest BCUT2D eigenvalue weighted by molar-refractivity contribution is 0.0393. The van der Waals surface area contributed by atoms with E-state index in [4.69, 9.17) is 32.7 Å². The van der Waals surface area contributed by atoms with Crippen LogP contribution in [0, 0.1) is 6.92 Å². The molecule has 0 aliphatic rings. The van der Waals surface area contributed by atoms with Crippen molar-refractivity contribution < 1.29 is 14.3 Å². The van der Waals surface area contributed by atoms with E-state index < -0.39 is 5.97 Å². The van der Waals surface area contributed by atoms with Crippen LogP contribution in [0.1, 0.15) is 26.6 Å². The summed E-state index contributed by atoms with van der Waals surface area (Å²) < 4.78 is 10.1. The third kappa shape index (κ3) is 5.39. The molecule has 3 aromatic rings. The molecule has 0 amide bonds. The first-order valence-corrected chi connectivity index (χ1v) is 10.7. The lowest BCUT2D eigenvalue weighted by Crippen LogP contribution is -2.21. The van der Waals surface area contributed by atoms with Gasteiger partial charge in [0.05, 0.1) is 18.5 Å². The molecule has 0 spiro atoms. The molecule has 0 radical (unpaired) electrons. The van der Waals surface area contributed by atoms with Crippen molar-refractivity contribution in [1.82, 2.24) is 14.9 Å². The number of aryl methyl sites for hydroxylation is 1. The van der Waals surface area contributed by atoms with Crippen LogP contribution in [0.4, 0.5) is 0 Å². The van der Waals surface area contributed by atoms with Crippen molar-refractivity contribution in [2.75, 3.05) is 27.4 Å². The zero-order valence-corrected chi connectivity index (χ0v) is 19.1. The van der Waals surface area contributed by atoms with Crippen molar-refractivity contribution >= 4 is 50.7 Å². The smallest absolute Gasteiger partial charge is 0.348 e. The first-order chi connectivity index (χ1) is 14.3. The molecule has 3 rings (SSSR count). The number of benzene rings is 1. The number of aromatic amines is 1. The fourth-order valence-corrected chi connectivity index (χ4v) is 4.73. The van der Waals surface area contributed by atoms with Crippen LogP contribution in [0.15, 0.2) is 23.0 Å². The Balaban J connectivity index is 1.80. The molecule has 2 aromatic heterocycles. The second kappa shape index (κ2) is 9.89. The van der Waals surface area contributed by atoms with Gasteiger partial charge in [0.1, 0.15) is 22.1 Å². The number of methoxy groups -OCH3 is 1. The minimum Gasteiger partial charge on any atom is -0.459 e. The summed E-state index contributed by atoms with van der Waals surface area (Å²) in [5.41, 5.74) is 1.24. The lowest BCUT2D eigenvalue weighted by Gasteiger charge is -2.16. The molecule has 10 heteroatoms. The molecule has 7 nitrogen and oxygen atoms in total. The topological polar surface area (TPSA) is 84.5 Å². The highest BCUT2D eigenvalue weighted by molar-refractivity contribution is 7.20. The van der Waals surface area contributed by atoms with Crippen molar-refractivity contribution in [2.45, 2.75) is 20.0 Å². The van der Waals surface area contributed by atoms with E-state index in [1.165, 1.54) is 7.11 Å². The zero-order chi connectivity index (χ0) is 21.8. The van der Waals surface area contributed by atoms with E-state index in [2.05, 4.69) is 9.97 Å². The monoisotopic (exact) mass is 469 g/mol. The number of nitrogens with one attached hydrogen (secondary N) is 1. The first kappa shape index (κ1) is 22.7. The molecule has 0 atom stereocenters. The van der Waals surface area contributed by atoms with Gasteiger partial charge in [-0.25, -0.2) is 9.78 Å². The van der Waals surface area contributed by atoms with E-state index >= 15 is 0 Å². The first-order valence-electron chi connectivity index (χ1n) is 9.10. The molecule has 0 saturated heterocycles. The van der Waals surface area contributed by atoms with Crippen molar-refractivity contribution in [3.63, 3.8) is 0 Å². The van der Waals surface area contributed by atoms with E-state index in [-0.39, 0.29) is 12.2 Å². The molecule has 30 heavy (non-hydrogen) atoms. The van der Waals surface area contributed by atoms with Gasteiger partial charge in [-0.15, -0.1) is 11.3 Å². The number of ether oxygens (including phenoxy) is 2. The number of esters is 1. The Hall–Kier alpha value is -1.97. The van der Waals surface area contributed by atoms with Crippen molar-refractivity contribution in [3.05, 3.63) is 60.4 Å². The fraction of sp³-hybridized carbons (Fsp3) is 0.350. The molecule has 0 saturated carbocycles. The number of H-pyrrole nitrogens is 1. The average molecular weight is 470 g/mol. The van der Waals surface area contributed by atoms with E-state index in [1.54, 1.807) is 13.0 Å². The lowest BCUT2D eigenvalue weighted by atomic mass is 10.2. The number of halogens is 2.